The molecule has 1 rings (SSSR count). The van der Waals surface area contributed by atoms with Crippen molar-refractivity contribution in [2.24, 2.45) is 11.7 Å². The minimum atomic E-state index is -3.11. The van der Waals surface area contributed by atoms with Gasteiger partial charge in [0.05, 0.1) is 4.90 Å². The summed E-state index contributed by atoms with van der Waals surface area (Å²) in [6, 6.07) is 7.05. The van der Waals surface area contributed by atoms with Crippen molar-refractivity contribution >= 4 is 9.84 Å². The highest BCUT2D eigenvalue weighted by Gasteiger charge is 2.08. The first-order valence-corrected chi connectivity index (χ1v) is 7.95. The monoisotopic (exact) mass is 270 g/mol. The molecule has 0 saturated carbocycles. The molecular formula is C13H22N2O2S. The number of nitrogens with two attached hydrogens (primary N) is 1. The van der Waals surface area contributed by atoms with Crippen LogP contribution in [0.5, 0.6) is 0 Å². The van der Waals surface area contributed by atoms with Crippen LogP contribution in [0.3, 0.4) is 0 Å². The number of rotatable bonds is 6. The van der Waals surface area contributed by atoms with E-state index in [1.807, 2.05) is 12.1 Å². The van der Waals surface area contributed by atoms with Gasteiger partial charge in [-0.25, -0.2) is 8.42 Å². The summed E-state index contributed by atoms with van der Waals surface area (Å²) >= 11 is 0. The number of sulfone groups is 1. The van der Waals surface area contributed by atoms with Gasteiger partial charge in [0.25, 0.3) is 0 Å². The second-order valence-corrected chi connectivity index (χ2v) is 6.97. The van der Waals surface area contributed by atoms with Crippen LogP contribution in [0.15, 0.2) is 29.2 Å². The molecule has 0 aliphatic carbocycles. The fraction of sp³-hybridized carbons (Fsp3) is 0.538. The van der Waals surface area contributed by atoms with Crippen LogP contribution in [0.2, 0.25) is 0 Å². The van der Waals surface area contributed by atoms with Crippen molar-refractivity contribution in [1.29, 1.82) is 0 Å². The third kappa shape index (κ3) is 4.76. The summed E-state index contributed by atoms with van der Waals surface area (Å²) in [7, 11) is -3.11. The summed E-state index contributed by atoms with van der Waals surface area (Å²) in [4.78, 5) is 0.352. The zero-order valence-electron chi connectivity index (χ0n) is 11.2. The fourth-order valence-corrected chi connectivity index (χ4v) is 2.10. The van der Waals surface area contributed by atoms with Crippen molar-refractivity contribution in [3.8, 4) is 0 Å². The predicted octanol–water partition coefficient (Wildman–Crippen LogP) is 1.16. The van der Waals surface area contributed by atoms with E-state index >= 15 is 0 Å². The van der Waals surface area contributed by atoms with Crippen LogP contribution in [-0.2, 0) is 16.4 Å². The Hall–Kier alpha value is -0.910. The van der Waals surface area contributed by atoms with E-state index in [1.54, 1.807) is 12.1 Å². The highest BCUT2D eigenvalue weighted by Crippen LogP contribution is 2.10. The molecule has 4 nitrogen and oxygen atoms in total. The smallest absolute Gasteiger partial charge is 0.175 e. The molecule has 1 unspecified atom stereocenters. The molecule has 0 saturated heterocycles. The van der Waals surface area contributed by atoms with E-state index in [4.69, 9.17) is 5.73 Å². The van der Waals surface area contributed by atoms with E-state index in [-0.39, 0.29) is 6.04 Å². The molecule has 0 heterocycles. The lowest BCUT2D eigenvalue weighted by Gasteiger charge is -2.16. The second-order valence-electron chi connectivity index (χ2n) is 4.95. The van der Waals surface area contributed by atoms with Crippen molar-refractivity contribution in [2.45, 2.75) is 31.3 Å². The SMILES string of the molecule is CC(C)C(N)CNCc1ccc(S(C)(=O)=O)cc1. The van der Waals surface area contributed by atoms with Gasteiger partial charge in [-0.15, -0.1) is 0 Å². The molecule has 102 valence electrons. The Labute approximate surface area is 110 Å². The number of hydrogen-bond acceptors (Lipinski definition) is 4. The summed E-state index contributed by atoms with van der Waals surface area (Å²) in [5, 5.41) is 3.27. The van der Waals surface area contributed by atoms with Gasteiger partial charge < -0.3 is 11.1 Å². The van der Waals surface area contributed by atoms with Gasteiger partial charge in [0.2, 0.25) is 0 Å². The Kier molecular flexibility index (Phi) is 5.31. The first-order chi connectivity index (χ1) is 8.30. The zero-order valence-corrected chi connectivity index (χ0v) is 12.0. The van der Waals surface area contributed by atoms with Crippen molar-refractivity contribution in [3.05, 3.63) is 29.8 Å². The maximum Gasteiger partial charge on any atom is 0.175 e. The Morgan fingerprint density at radius 3 is 2.22 bits per heavy atom. The first kappa shape index (κ1) is 15.1. The van der Waals surface area contributed by atoms with Crippen LogP contribution in [-0.4, -0.2) is 27.3 Å². The largest absolute Gasteiger partial charge is 0.326 e. The lowest BCUT2D eigenvalue weighted by Crippen LogP contribution is -2.37. The molecule has 0 aliphatic heterocycles. The zero-order chi connectivity index (χ0) is 13.8. The Morgan fingerprint density at radius 1 is 1.22 bits per heavy atom. The highest BCUT2D eigenvalue weighted by molar-refractivity contribution is 7.90. The van der Waals surface area contributed by atoms with Crippen LogP contribution in [0.4, 0.5) is 0 Å². The molecule has 0 radical (unpaired) electrons. The Morgan fingerprint density at radius 2 is 1.78 bits per heavy atom. The van der Waals surface area contributed by atoms with E-state index < -0.39 is 9.84 Å². The minimum Gasteiger partial charge on any atom is -0.326 e. The van der Waals surface area contributed by atoms with Gasteiger partial charge in [0.1, 0.15) is 0 Å². The quantitative estimate of drug-likeness (QED) is 0.814. The lowest BCUT2D eigenvalue weighted by molar-refractivity contribution is 0.458. The molecule has 18 heavy (non-hydrogen) atoms. The van der Waals surface area contributed by atoms with E-state index in [0.717, 1.165) is 12.1 Å². The van der Waals surface area contributed by atoms with Crippen LogP contribution in [0.25, 0.3) is 0 Å². The number of hydrogen-bond donors (Lipinski definition) is 2. The highest BCUT2D eigenvalue weighted by atomic mass is 32.2. The van der Waals surface area contributed by atoms with Crippen LogP contribution < -0.4 is 11.1 Å². The van der Waals surface area contributed by atoms with E-state index in [0.29, 0.717) is 17.4 Å². The van der Waals surface area contributed by atoms with E-state index in [9.17, 15) is 8.42 Å². The van der Waals surface area contributed by atoms with Gasteiger partial charge in [-0.2, -0.15) is 0 Å². The molecule has 3 N–H and O–H groups in total. The summed E-state index contributed by atoms with van der Waals surface area (Å²) in [6.07, 6.45) is 1.21. The van der Waals surface area contributed by atoms with E-state index in [1.165, 1.54) is 6.26 Å². The average Bonchev–Trinajstić information content (AvgIpc) is 2.28. The topological polar surface area (TPSA) is 72.2 Å². The molecule has 0 aromatic heterocycles. The molecule has 0 spiro atoms. The standard InChI is InChI=1S/C13H22N2O2S/c1-10(2)13(14)9-15-8-11-4-6-12(7-5-11)18(3,16)17/h4-7,10,13,15H,8-9,14H2,1-3H3. The van der Waals surface area contributed by atoms with Crippen molar-refractivity contribution < 1.29 is 8.42 Å². The molecular weight excluding hydrogens is 248 g/mol. The summed E-state index contributed by atoms with van der Waals surface area (Å²) in [5.41, 5.74) is 6.97. The summed E-state index contributed by atoms with van der Waals surface area (Å²) in [5.74, 6) is 0.449. The van der Waals surface area contributed by atoms with Crippen molar-refractivity contribution in [1.82, 2.24) is 5.32 Å². The van der Waals surface area contributed by atoms with Gasteiger partial charge in [-0.05, 0) is 23.6 Å². The van der Waals surface area contributed by atoms with Crippen molar-refractivity contribution in [2.75, 3.05) is 12.8 Å². The summed E-state index contributed by atoms with van der Waals surface area (Å²) < 4.78 is 22.6. The lowest BCUT2D eigenvalue weighted by atomic mass is 10.1. The van der Waals surface area contributed by atoms with E-state index in [2.05, 4.69) is 19.2 Å². The van der Waals surface area contributed by atoms with Gasteiger partial charge in [-0.1, -0.05) is 26.0 Å². The normalized spacial score (nSPS) is 13.8. The predicted molar refractivity (Wildman–Crippen MR) is 74.1 cm³/mol. The third-order valence-electron chi connectivity index (χ3n) is 2.92. The van der Waals surface area contributed by atoms with Crippen LogP contribution >= 0.6 is 0 Å². The maximum absolute atomic E-state index is 11.3. The Balaban J connectivity index is 2.50. The fourth-order valence-electron chi connectivity index (χ4n) is 1.47. The third-order valence-corrected chi connectivity index (χ3v) is 4.05. The summed E-state index contributed by atoms with van der Waals surface area (Å²) in [6.45, 7) is 5.64. The average molecular weight is 270 g/mol. The molecule has 5 heteroatoms. The van der Waals surface area contributed by atoms with Crippen molar-refractivity contribution in [3.63, 3.8) is 0 Å². The van der Waals surface area contributed by atoms with Gasteiger partial charge in [0.15, 0.2) is 9.84 Å². The Bertz CT molecular complexity index is 466. The molecule has 1 atom stereocenters. The molecule has 0 amide bonds. The van der Waals surface area contributed by atoms with Gasteiger partial charge >= 0.3 is 0 Å². The van der Waals surface area contributed by atoms with Crippen LogP contribution in [0, 0.1) is 5.92 Å². The molecule has 0 fully saturated rings. The minimum absolute atomic E-state index is 0.139. The van der Waals surface area contributed by atoms with Gasteiger partial charge in [0, 0.05) is 25.4 Å². The molecule has 1 aromatic rings. The van der Waals surface area contributed by atoms with Crippen LogP contribution in [0.1, 0.15) is 19.4 Å². The molecule has 0 aliphatic rings. The van der Waals surface area contributed by atoms with Gasteiger partial charge in [-0.3, -0.25) is 0 Å². The number of nitrogens with one attached hydrogen (secondary N) is 1. The molecule has 0 bridgehead atoms. The maximum atomic E-state index is 11.3. The number of benzene rings is 1. The second kappa shape index (κ2) is 6.31. The molecule has 1 aromatic carbocycles. The first-order valence-electron chi connectivity index (χ1n) is 6.06.